The molecule has 0 fully saturated rings. The van der Waals surface area contributed by atoms with E-state index in [-0.39, 0.29) is 0 Å². The first-order valence-electron chi connectivity index (χ1n) is 3.72. The molecule has 62 valence electrons. The third-order valence-electron chi connectivity index (χ3n) is 1.87. The molecule has 12 heavy (non-hydrogen) atoms. The average Bonchev–Trinajstić information content (AvgIpc) is 2.50. The number of H-pyrrole nitrogens is 1. The first-order chi connectivity index (χ1) is 5.81. The van der Waals surface area contributed by atoms with E-state index in [9.17, 15) is 0 Å². The summed E-state index contributed by atoms with van der Waals surface area (Å²) in [4.78, 5) is 4.37. The first-order valence-corrected chi connectivity index (χ1v) is 4.94. The van der Waals surface area contributed by atoms with Gasteiger partial charge < -0.3 is 10.7 Å². The molecule has 2 nitrogen and oxygen atoms in total. The number of aromatic amines is 1. The predicted molar refractivity (Wildman–Crippen MR) is 54.5 cm³/mol. The monoisotopic (exact) mass is 178 g/mol. The van der Waals surface area contributed by atoms with E-state index in [1.165, 1.54) is 10.3 Å². The molecule has 0 radical (unpaired) electrons. The highest BCUT2D eigenvalue weighted by atomic mass is 32.2. The van der Waals surface area contributed by atoms with E-state index in [1.54, 1.807) is 11.8 Å². The van der Waals surface area contributed by atoms with Gasteiger partial charge in [-0.05, 0) is 24.5 Å². The zero-order chi connectivity index (χ0) is 8.55. The van der Waals surface area contributed by atoms with Gasteiger partial charge in [-0.15, -0.1) is 11.8 Å². The van der Waals surface area contributed by atoms with Crippen LogP contribution in [0.2, 0.25) is 0 Å². The van der Waals surface area contributed by atoms with Crippen LogP contribution in [0.3, 0.4) is 0 Å². The number of anilines is 1. The average molecular weight is 178 g/mol. The lowest BCUT2D eigenvalue weighted by Crippen LogP contribution is -1.85. The molecule has 1 aromatic carbocycles. The van der Waals surface area contributed by atoms with Crippen molar-refractivity contribution < 1.29 is 0 Å². The number of nitrogens with two attached hydrogens (primary N) is 1. The summed E-state index contributed by atoms with van der Waals surface area (Å²) in [5.74, 6) is 0. The number of hydrogen-bond donors (Lipinski definition) is 2. The molecule has 3 N–H and O–H groups in total. The zero-order valence-electron chi connectivity index (χ0n) is 6.79. The quantitative estimate of drug-likeness (QED) is 0.520. The highest BCUT2D eigenvalue weighted by molar-refractivity contribution is 7.98. The molecule has 0 amide bonds. The minimum absolute atomic E-state index is 0.814. The Morgan fingerprint density at radius 1 is 1.42 bits per heavy atom. The first kappa shape index (κ1) is 7.55. The number of rotatable bonds is 1. The molecule has 0 saturated heterocycles. The highest BCUT2D eigenvalue weighted by Crippen LogP contribution is 2.28. The van der Waals surface area contributed by atoms with Gasteiger partial charge >= 0.3 is 0 Å². The van der Waals surface area contributed by atoms with Crippen LogP contribution in [0.25, 0.3) is 10.9 Å². The summed E-state index contributed by atoms with van der Waals surface area (Å²) in [6.07, 6.45) is 3.99. The third-order valence-corrected chi connectivity index (χ3v) is 2.65. The lowest BCUT2D eigenvalue weighted by molar-refractivity contribution is 1.47. The Bertz CT molecular complexity index is 406. The van der Waals surface area contributed by atoms with Gasteiger partial charge in [-0.2, -0.15) is 0 Å². The highest BCUT2D eigenvalue weighted by Gasteiger charge is 2.01. The van der Waals surface area contributed by atoms with E-state index in [0.717, 1.165) is 11.2 Å². The van der Waals surface area contributed by atoms with Crippen molar-refractivity contribution in [2.45, 2.75) is 4.90 Å². The van der Waals surface area contributed by atoms with Crippen molar-refractivity contribution in [3.05, 3.63) is 24.4 Å². The third kappa shape index (κ3) is 1.06. The summed E-state index contributed by atoms with van der Waals surface area (Å²) >= 11 is 1.72. The summed E-state index contributed by atoms with van der Waals surface area (Å²) in [7, 11) is 0. The number of nitrogen functional groups attached to an aromatic ring is 1. The Balaban J connectivity index is 2.80. The van der Waals surface area contributed by atoms with Crippen LogP contribution in [0.15, 0.2) is 29.3 Å². The van der Waals surface area contributed by atoms with E-state index in [0.29, 0.717) is 0 Å². The Hall–Kier alpha value is -1.09. The van der Waals surface area contributed by atoms with Crippen LogP contribution >= 0.6 is 11.8 Å². The molecule has 0 aliphatic rings. The van der Waals surface area contributed by atoms with Crippen LogP contribution in [-0.2, 0) is 0 Å². The molecule has 1 heterocycles. The Kier molecular flexibility index (Phi) is 1.73. The maximum absolute atomic E-state index is 5.73. The number of benzene rings is 1. The minimum atomic E-state index is 0.814. The second kappa shape index (κ2) is 2.75. The van der Waals surface area contributed by atoms with E-state index < -0.39 is 0 Å². The van der Waals surface area contributed by atoms with Gasteiger partial charge in [0.1, 0.15) is 0 Å². The molecule has 0 saturated carbocycles. The normalized spacial score (nSPS) is 10.8. The van der Waals surface area contributed by atoms with Crippen molar-refractivity contribution in [3.8, 4) is 0 Å². The van der Waals surface area contributed by atoms with Gasteiger partial charge in [-0.3, -0.25) is 0 Å². The van der Waals surface area contributed by atoms with Gasteiger partial charge in [-0.1, -0.05) is 0 Å². The Morgan fingerprint density at radius 2 is 2.25 bits per heavy atom. The number of nitrogens with one attached hydrogen (secondary N) is 1. The van der Waals surface area contributed by atoms with Crippen LogP contribution in [-0.4, -0.2) is 11.2 Å². The van der Waals surface area contributed by atoms with Gasteiger partial charge in [0.15, 0.2) is 0 Å². The predicted octanol–water partition coefficient (Wildman–Crippen LogP) is 2.47. The van der Waals surface area contributed by atoms with Crippen LogP contribution in [0.1, 0.15) is 0 Å². The Labute approximate surface area is 75.2 Å². The SMILES string of the molecule is CSc1cc(N)cc2[nH]ccc12. The maximum Gasteiger partial charge on any atom is 0.0485 e. The lowest BCUT2D eigenvalue weighted by Gasteiger charge is -2.00. The second-order valence-corrected chi connectivity index (χ2v) is 3.51. The summed E-state index contributed by atoms with van der Waals surface area (Å²) in [6, 6.07) is 6.02. The molecule has 0 unspecified atom stereocenters. The topological polar surface area (TPSA) is 41.8 Å². The number of fused-ring (bicyclic) bond motifs is 1. The van der Waals surface area contributed by atoms with Crippen molar-refractivity contribution in [1.29, 1.82) is 0 Å². The van der Waals surface area contributed by atoms with Crippen LogP contribution in [0, 0.1) is 0 Å². The smallest absolute Gasteiger partial charge is 0.0485 e. The number of thioether (sulfide) groups is 1. The maximum atomic E-state index is 5.73. The largest absolute Gasteiger partial charge is 0.399 e. The molecule has 0 bridgehead atoms. The van der Waals surface area contributed by atoms with Gasteiger partial charge in [0.2, 0.25) is 0 Å². The van der Waals surface area contributed by atoms with Gasteiger partial charge in [0.25, 0.3) is 0 Å². The van der Waals surface area contributed by atoms with Gasteiger partial charge in [0, 0.05) is 27.7 Å². The Morgan fingerprint density at radius 3 is 3.00 bits per heavy atom. The number of hydrogen-bond acceptors (Lipinski definition) is 2. The molecule has 3 heteroatoms. The van der Waals surface area contributed by atoms with Crippen LogP contribution in [0.4, 0.5) is 5.69 Å². The van der Waals surface area contributed by atoms with E-state index in [4.69, 9.17) is 5.73 Å². The molecule has 0 aliphatic carbocycles. The fraction of sp³-hybridized carbons (Fsp3) is 0.111. The van der Waals surface area contributed by atoms with Crippen LogP contribution < -0.4 is 5.73 Å². The molecule has 2 aromatic rings. The van der Waals surface area contributed by atoms with E-state index >= 15 is 0 Å². The molecule has 1 aromatic heterocycles. The van der Waals surface area contributed by atoms with Crippen molar-refractivity contribution in [2.24, 2.45) is 0 Å². The standard InChI is InChI=1S/C9H10N2S/c1-12-9-5-6(10)4-8-7(9)2-3-11-8/h2-5,11H,10H2,1H3. The molecule has 2 rings (SSSR count). The van der Waals surface area contributed by atoms with Crippen molar-refractivity contribution in [3.63, 3.8) is 0 Å². The van der Waals surface area contributed by atoms with E-state index in [2.05, 4.69) is 17.3 Å². The fourth-order valence-corrected chi connectivity index (χ4v) is 1.97. The molecule has 0 atom stereocenters. The molecular weight excluding hydrogens is 168 g/mol. The lowest BCUT2D eigenvalue weighted by atomic mass is 10.2. The minimum Gasteiger partial charge on any atom is -0.399 e. The van der Waals surface area contributed by atoms with Gasteiger partial charge in [0.05, 0.1) is 0 Å². The molecular formula is C9H10N2S. The van der Waals surface area contributed by atoms with Crippen molar-refractivity contribution in [1.82, 2.24) is 4.98 Å². The summed E-state index contributed by atoms with van der Waals surface area (Å²) in [5.41, 5.74) is 7.65. The fourth-order valence-electron chi connectivity index (χ4n) is 1.32. The summed E-state index contributed by atoms with van der Waals surface area (Å²) in [6.45, 7) is 0. The van der Waals surface area contributed by atoms with Crippen molar-refractivity contribution >= 4 is 28.4 Å². The summed E-state index contributed by atoms with van der Waals surface area (Å²) < 4.78 is 0. The summed E-state index contributed by atoms with van der Waals surface area (Å²) in [5, 5.41) is 1.25. The van der Waals surface area contributed by atoms with Crippen LogP contribution in [0.5, 0.6) is 0 Å². The van der Waals surface area contributed by atoms with Gasteiger partial charge in [-0.25, -0.2) is 0 Å². The zero-order valence-corrected chi connectivity index (χ0v) is 7.61. The second-order valence-electron chi connectivity index (χ2n) is 2.66. The van der Waals surface area contributed by atoms with E-state index in [1.807, 2.05) is 18.3 Å². The van der Waals surface area contributed by atoms with Crippen molar-refractivity contribution in [2.75, 3.05) is 12.0 Å². The molecule has 0 spiro atoms. The number of aromatic nitrogens is 1. The molecule has 0 aliphatic heterocycles.